The zero-order valence-electron chi connectivity index (χ0n) is 16.3. The highest BCUT2D eigenvalue weighted by Gasteiger charge is 2.27. The summed E-state index contributed by atoms with van der Waals surface area (Å²) in [6, 6.07) is 3.65. The van der Waals surface area contributed by atoms with Crippen molar-refractivity contribution in [2.24, 2.45) is 0 Å². The molecule has 10 heteroatoms. The van der Waals surface area contributed by atoms with Gasteiger partial charge in [-0.1, -0.05) is 13.8 Å². The smallest absolute Gasteiger partial charge is 0.349 e. The number of nitrogens with one attached hydrogen (secondary N) is 1. The Morgan fingerprint density at radius 1 is 1.10 bits per heavy atom. The largest absolute Gasteiger partial charge is 0.394 e. The first kappa shape index (κ1) is 21.1. The molecule has 0 fully saturated rings. The van der Waals surface area contributed by atoms with Crippen LogP contribution in [-0.2, 0) is 6.54 Å². The van der Waals surface area contributed by atoms with Crippen molar-refractivity contribution >= 4 is 11.0 Å². The van der Waals surface area contributed by atoms with E-state index < -0.39 is 36.2 Å². The Morgan fingerprint density at radius 2 is 1.79 bits per heavy atom. The second-order valence-corrected chi connectivity index (χ2v) is 7.43. The standard InChI is InChI=1S/C19H24N4O6/c1-8(2)10-5-12-11(4-9(10)3)20-15-17(21-19(29)22-18(15)28)23(12)6-13(25)16(27)14(26)7-24/h4-5,8,13-14,16,24-27H,6-7H2,1-3H3,(H,22,28,29)/t13-,14+,16-/m1/s1. The van der Waals surface area contributed by atoms with E-state index in [1.807, 2.05) is 26.8 Å². The molecule has 3 atom stereocenters. The highest BCUT2D eigenvalue weighted by molar-refractivity contribution is 5.81. The van der Waals surface area contributed by atoms with Gasteiger partial charge in [-0.2, -0.15) is 4.98 Å². The molecule has 3 rings (SSSR count). The summed E-state index contributed by atoms with van der Waals surface area (Å²) in [5.74, 6) is 0.132. The van der Waals surface area contributed by atoms with Gasteiger partial charge in [0.1, 0.15) is 18.3 Å². The molecule has 10 nitrogen and oxygen atoms in total. The van der Waals surface area contributed by atoms with E-state index in [4.69, 9.17) is 5.11 Å². The SMILES string of the molecule is Cc1cc2nc3c(=O)[nH]c(=O)nc-3n(C[C@@H](O)[C@@H](O)[C@@H](O)CO)c2cc1C(C)C. The van der Waals surface area contributed by atoms with Crippen LogP contribution in [0.5, 0.6) is 0 Å². The van der Waals surface area contributed by atoms with Crippen LogP contribution in [0.25, 0.3) is 22.6 Å². The molecule has 5 N–H and O–H groups in total. The third-order valence-electron chi connectivity index (χ3n) is 4.96. The molecular formula is C19H24N4O6. The lowest BCUT2D eigenvalue weighted by Crippen LogP contribution is -2.42. The average Bonchev–Trinajstić information content (AvgIpc) is 2.66. The summed E-state index contributed by atoms with van der Waals surface area (Å²) in [6.45, 7) is 4.93. The van der Waals surface area contributed by atoms with E-state index in [2.05, 4.69) is 15.0 Å². The zero-order valence-corrected chi connectivity index (χ0v) is 16.3. The van der Waals surface area contributed by atoms with Gasteiger partial charge in [0.05, 0.1) is 24.2 Å². The lowest BCUT2D eigenvalue weighted by atomic mass is 9.97. The Labute approximate surface area is 165 Å². The normalized spacial score (nSPS) is 15.2. The van der Waals surface area contributed by atoms with Crippen LogP contribution in [0.1, 0.15) is 30.9 Å². The van der Waals surface area contributed by atoms with Crippen LogP contribution in [0.3, 0.4) is 0 Å². The molecule has 0 aliphatic carbocycles. The van der Waals surface area contributed by atoms with Gasteiger partial charge in [0, 0.05) is 0 Å². The summed E-state index contributed by atoms with van der Waals surface area (Å²) >= 11 is 0. The number of aromatic nitrogens is 4. The molecule has 0 radical (unpaired) electrons. The van der Waals surface area contributed by atoms with E-state index >= 15 is 0 Å². The summed E-state index contributed by atoms with van der Waals surface area (Å²) < 4.78 is 1.43. The maximum atomic E-state index is 12.3. The number of hydrogen-bond acceptors (Lipinski definition) is 8. The molecular weight excluding hydrogens is 380 g/mol. The lowest BCUT2D eigenvalue weighted by Gasteiger charge is -2.25. The fourth-order valence-electron chi connectivity index (χ4n) is 3.43. The number of aliphatic hydroxyl groups excluding tert-OH is 4. The predicted octanol–water partition coefficient (Wildman–Crippen LogP) is -0.909. The van der Waals surface area contributed by atoms with Crippen LogP contribution in [0.4, 0.5) is 0 Å². The van der Waals surface area contributed by atoms with Crippen molar-refractivity contribution < 1.29 is 20.4 Å². The number of aryl methyl sites for hydroxylation is 1. The molecule has 0 spiro atoms. The number of H-pyrrole nitrogens is 1. The summed E-state index contributed by atoms with van der Waals surface area (Å²) in [6.07, 6.45) is -4.70. The number of hydrogen-bond donors (Lipinski definition) is 5. The summed E-state index contributed by atoms with van der Waals surface area (Å²) in [7, 11) is 0. The van der Waals surface area contributed by atoms with Crippen LogP contribution in [0.2, 0.25) is 0 Å². The number of aromatic amines is 1. The average molecular weight is 404 g/mol. The Morgan fingerprint density at radius 3 is 2.41 bits per heavy atom. The van der Waals surface area contributed by atoms with E-state index in [1.165, 1.54) is 4.57 Å². The third kappa shape index (κ3) is 3.92. The highest BCUT2D eigenvalue weighted by Crippen LogP contribution is 2.28. The van der Waals surface area contributed by atoms with Crippen LogP contribution in [-0.4, -0.2) is 64.9 Å². The number of aliphatic hydroxyl groups is 4. The van der Waals surface area contributed by atoms with Gasteiger partial charge in [0.15, 0.2) is 11.5 Å². The molecule has 1 aromatic carbocycles. The molecule has 29 heavy (non-hydrogen) atoms. The van der Waals surface area contributed by atoms with Gasteiger partial charge in [-0.05, 0) is 36.1 Å². The van der Waals surface area contributed by atoms with Gasteiger partial charge in [-0.3, -0.25) is 9.78 Å². The molecule has 0 saturated heterocycles. The quantitative estimate of drug-likeness (QED) is 0.330. The number of fused-ring (bicyclic) bond motifs is 2. The Bertz CT molecular complexity index is 1120. The van der Waals surface area contributed by atoms with E-state index in [0.29, 0.717) is 11.0 Å². The minimum absolute atomic E-state index is 0.0467. The van der Waals surface area contributed by atoms with E-state index in [0.717, 1.165) is 11.1 Å². The molecule has 0 saturated carbocycles. The van der Waals surface area contributed by atoms with Gasteiger partial charge < -0.3 is 25.0 Å². The van der Waals surface area contributed by atoms with Crippen molar-refractivity contribution in [3.8, 4) is 11.5 Å². The molecule has 2 aliphatic heterocycles. The van der Waals surface area contributed by atoms with Crippen molar-refractivity contribution in [2.45, 2.75) is 51.5 Å². The van der Waals surface area contributed by atoms with Crippen LogP contribution >= 0.6 is 0 Å². The van der Waals surface area contributed by atoms with Crippen molar-refractivity contribution in [3.63, 3.8) is 0 Å². The molecule has 0 amide bonds. The molecule has 2 aliphatic rings. The van der Waals surface area contributed by atoms with Crippen molar-refractivity contribution in [1.82, 2.24) is 19.5 Å². The second-order valence-electron chi connectivity index (χ2n) is 7.43. The van der Waals surface area contributed by atoms with Gasteiger partial charge in [-0.15, -0.1) is 0 Å². The highest BCUT2D eigenvalue weighted by atomic mass is 16.4. The first-order valence-electron chi connectivity index (χ1n) is 9.24. The van der Waals surface area contributed by atoms with E-state index in [9.17, 15) is 24.9 Å². The topological polar surface area (TPSA) is 162 Å². The predicted molar refractivity (Wildman–Crippen MR) is 105 cm³/mol. The van der Waals surface area contributed by atoms with Crippen molar-refractivity contribution in [1.29, 1.82) is 0 Å². The summed E-state index contributed by atoms with van der Waals surface area (Å²) in [4.78, 5) is 34.3. The summed E-state index contributed by atoms with van der Waals surface area (Å²) in [5, 5.41) is 39.1. The zero-order chi connectivity index (χ0) is 21.5. The van der Waals surface area contributed by atoms with E-state index in [-0.39, 0.29) is 24.0 Å². The fourth-order valence-corrected chi connectivity index (χ4v) is 3.43. The van der Waals surface area contributed by atoms with Crippen LogP contribution in [0.15, 0.2) is 21.7 Å². The number of nitrogens with zero attached hydrogens (tertiary/aromatic N) is 3. The van der Waals surface area contributed by atoms with Crippen molar-refractivity contribution in [3.05, 3.63) is 44.1 Å². The second kappa shape index (κ2) is 7.99. The molecule has 1 aromatic rings. The Balaban J connectivity index is 2.31. The maximum absolute atomic E-state index is 12.3. The number of benzene rings is 1. The third-order valence-corrected chi connectivity index (χ3v) is 4.96. The number of rotatable bonds is 6. The Kier molecular flexibility index (Phi) is 5.80. The lowest BCUT2D eigenvalue weighted by molar-refractivity contribution is -0.0802. The first-order chi connectivity index (χ1) is 13.6. The fraction of sp³-hybridized carbons (Fsp3) is 0.474. The monoisotopic (exact) mass is 404 g/mol. The molecule has 0 bridgehead atoms. The van der Waals surface area contributed by atoms with Crippen LogP contribution < -0.4 is 11.2 Å². The van der Waals surface area contributed by atoms with Gasteiger partial charge >= 0.3 is 5.69 Å². The Hall–Kier alpha value is -2.66. The van der Waals surface area contributed by atoms with Gasteiger partial charge in [0.2, 0.25) is 0 Å². The first-order valence-corrected chi connectivity index (χ1v) is 9.24. The van der Waals surface area contributed by atoms with Gasteiger partial charge in [0.25, 0.3) is 5.56 Å². The minimum Gasteiger partial charge on any atom is -0.394 e. The molecule has 2 heterocycles. The molecule has 0 aromatic heterocycles. The van der Waals surface area contributed by atoms with Crippen molar-refractivity contribution in [2.75, 3.05) is 6.61 Å². The molecule has 0 unspecified atom stereocenters. The van der Waals surface area contributed by atoms with E-state index in [1.54, 1.807) is 6.07 Å². The van der Waals surface area contributed by atoms with Crippen LogP contribution in [0, 0.1) is 6.92 Å². The van der Waals surface area contributed by atoms with Gasteiger partial charge in [-0.25, -0.2) is 9.78 Å². The maximum Gasteiger partial charge on any atom is 0.349 e. The molecule has 156 valence electrons. The summed E-state index contributed by atoms with van der Waals surface area (Å²) in [5.41, 5.74) is 1.27. The minimum atomic E-state index is -1.64.